The minimum atomic E-state index is -0.450. The summed E-state index contributed by atoms with van der Waals surface area (Å²) in [7, 11) is 0. The molecule has 1 aromatic rings. The SMILES string of the molecule is Nc1ccc(C(=O)OCCO)cc1. The highest BCUT2D eigenvalue weighted by Gasteiger charge is 2.04. The fourth-order valence-corrected chi connectivity index (χ4v) is 0.841. The van der Waals surface area contributed by atoms with Gasteiger partial charge >= 0.3 is 5.97 Å². The standard InChI is InChI=1S/C9H11NO3/c10-8-3-1-7(2-4-8)9(12)13-6-5-11/h1-4,11H,5-6,10H2. The summed E-state index contributed by atoms with van der Waals surface area (Å²) in [5.74, 6) is -0.450. The molecular formula is C9H11NO3. The van der Waals surface area contributed by atoms with Gasteiger partial charge in [0.25, 0.3) is 0 Å². The zero-order valence-electron chi connectivity index (χ0n) is 7.06. The van der Waals surface area contributed by atoms with Gasteiger partial charge in [0.05, 0.1) is 12.2 Å². The molecule has 0 unspecified atom stereocenters. The summed E-state index contributed by atoms with van der Waals surface area (Å²) in [6.45, 7) is -0.149. The molecule has 1 aromatic carbocycles. The summed E-state index contributed by atoms with van der Waals surface area (Å²) in [4.78, 5) is 11.1. The smallest absolute Gasteiger partial charge is 0.338 e. The van der Waals surface area contributed by atoms with Gasteiger partial charge in [-0.25, -0.2) is 4.79 Å². The van der Waals surface area contributed by atoms with Crippen LogP contribution in [0.25, 0.3) is 0 Å². The van der Waals surface area contributed by atoms with E-state index in [1.165, 1.54) is 0 Å². The van der Waals surface area contributed by atoms with Crippen LogP contribution in [-0.4, -0.2) is 24.3 Å². The van der Waals surface area contributed by atoms with Crippen LogP contribution in [0.3, 0.4) is 0 Å². The number of hydrogen-bond acceptors (Lipinski definition) is 4. The predicted octanol–water partition coefficient (Wildman–Crippen LogP) is 0.418. The molecule has 13 heavy (non-hydrogen) atoms. The minimum Gasteiger partial charge on any atom is -0.460 e. The molecule has 4 nitrogen and oxygen atoms in total. The lowest BCUT2D eigenvalue weighted by Crippen LogP contribution is -2.08. The first-order valence-corrected chi connectivity index (χ1v) is 3.87. The summed E-state index contributed by atoms with van der Waals surface area (Å²) in [6, 6.07) is 6.40. The molecule has 0 aliphatic rings. The van der Waals surface area contributed by atoms with Crippen molar-refractivity contribution >= 4 is 11.7 Å². The van der Waals surface area contributed by atoms with Crippen molar-refractivity contribution in [1.29, 1.82) is 0 Å². The van der Waals surface area contributed by atoms with E-state index in [9.17, 15) is 4.79 Å². The average molecular weight is 181 g/mol. The normalized spacial score (nSPS) is 9.62. The number of nitrogens with two attached hydrogens (primary N) is 1. The quantitative estimate of drug-likeness (QED) is 0.523. The summed E-state index contributed by atoms with van der Waals surface area (Å²) in [6.07, 6.45) is 0. The van der Waals surface area contributed by atoms with Crippen molar-refractivity contribution in [2.75, 3.05) is 18.9 Å². The second-order valence-corrected chi connectivity index (χ2v) is 2.48. The van der Waals surface area contributed by atoms with Gasteiger partial charge in [-0.1, -0.05) is 0 Å². The predicted molar refractivity (Wildman–Crippen MR) is 48.2 cm³/mol. The van der Waals surface area contributed by atoms with Crippen molar-refractivity contribution < 1.29 is 14.6 Å². The molecule has 0 radical (unpaired) electrons. The van der Waals surface area contributed by atoms with Gasteiger partial charge in [-0.15, -0.1) is 0 Å². The number of esters is 1. The zero-order chi connectivity index (χ0) is 9.68. The topological polar surface area (TPSA) is 72.6 Å². The summed E-state index contributed by atoms with van der Waals surface area (Å²) in [5.41, 5.74) is 6.46. The Bertz CT molecular complexity index is 281. The Morgan fingerprint density at radius 1 is 1.38 bits per heavy atom. The van der Waals surface area contributed by atoms with E-state index >= 15 is 0 Å². The molecule has 0 saturated carbocycles. The fourth-order valence-electron chi connectivity index (χ4n) is 0.841. The number of benzene rings is 1. The Hall–Kier alpha value is -1.55. The van der Waals surface area contributed by atoms with Crippen LogP contribution in [0.2, 0.25) is 0 Å². The number of anilines is 1. The molecule has 3 N–H and O–H groups in total. The molecule has 0 aliphatic heterocycles. The third kappa shape index (κ3) is 2.76. The Labute approximate surface area is 75.9 Å². The van der Waals surface area contributed by atoms with Crippen molar-refractivity contribution in [2.45, 2.75) is 0 Å². The lowest BCUT2D eigenvalue weighted by molar-refractivity contribution is 0.0434. The number of ether oxygens (including phenoxy) is 1. The molecule has 0 atom stereocenters. The highest BCUT2D eigenvalue weighted by molar-refractivity contribution is 5.89. The number of rotatable bonds is 3. The van der Waals surface area contributed by atoms with Gasteiger partial charge in [0.2, 0.25) is 0 Å². The van der Waals surface area contributed by atoms with Crippen molar-refractivity contribution in [3.05, 3.63) is 29.8 Å². The third-order valence-corrected chi connectivity index (χ3v) is 1.47. The van der Waals surface area contributed by atoms with Crippen molar-refractivity contribution in [1.82, 2.24) is 0 Å². The van der Waals surface area contributed by atoms with Crippen molar-refractivity contribution in [3.8, 4) is 0 Å². The molecule has 1 rings (SSSR count). The fraction of sp³-hybridized carbons (Fsp3) is 0.222. The zero-order valence-corrected chi connectivity index (χ0v) is 7.06. The van der Waals surface area contributed by atoms with Gasteiger partial charge in [0.1, 0.15) is 6.61 Å². The molecule has 70 valence electrons. The first-order valence-electron chi connectivity index (χ1n) is 3.87. The summed E-state index contributed by atoms with van der Waals surface area (Å²) >= 11 is 0. The molecule has 0 bridgehead atoms. The number of nitrogen functional groups attached to an aromatic ring is 1. The van der Waals surface area contributed by atoms with E-state index in [0.29, 0.717) is 11.3 Å². The van der Waals surface area contributed by atoms with E-state index in [4.69, 9.17) is 10.8 Å². The Morgan fingerprint density at radius 2 is 2.00 bits per heavy atom. The summed E-state index contributed by atoms with van der Waals surface area (Å²) in [5, 5.41) is 8.41. The molecule has 0 saturated heterocycles. The lowest BCUT2D eigenvalue weighted by Gasteiger charge is -2.02. The monoisotopic (exact) mass is 181 g/mol. The van der Waals surface area contributed by atoms with Gasteiger partial charge in [-0.3, -0.25) is 0 Å². The van der Waals surface area contributed by atoms with Crippen LogP contribution in [0.15, 0.2) is 24.3 Å². The van der Waals surface area contributed by atoms with Gasteiger partial charge < -0.3 is 15.6 Å². The van der Waals surface area contributed by atoms with Gasteiger partial charge in [0.15, 0.2) is 0 Å². The van der Waals surface area contributed by atoms with Gasteiger partial charge in [-0.05, 0) is 24.3 Å². The Kier molecular flexibility index (Phi) is 3.28. The van der Waals surface area contributed by atoms with Crippen LogP contribution in [0.5, 0.6) is 0 Å². The number of carbonyl (C=O) groups is 1. The third-order valence-electron chi connectivity index (χ3n) is 1.47. The first-order chi connectivity index (χ1) is 6.24. The van der Waals surface area contributed by atoms with Crippen molar-refractivity contribution in [2.24, 2.45) is 0 Å². The number of aliphatic hydroxyl groups is 1. The molecule has 0 fully saturated rings. The number of carbonyl (C=O) groups excluding carboxylic acids is 1. The van der Waals surface area contributed by atoms with E-state index in [2.05, 4.69) is 4.74 Å². The van der Waals surface area contributed by atoms with E-state index < -0.39 is 5.97 Å². The number of aliphatic hydroxyl groups excluding tert-OH is 1. The molecule has 0 aliphatic carbocycles. The lowest BCUT2D eigenvalue weighted by atomic mass is 10.2. The molecule has 0 aromatic heterocycles. The van der Waals surface area contributed by atoms with E-state index in [-0.39, 0.29) is 13.2 Å². The van der Waals surface area contributed by atoms with E-state index in [0.717, 1.165) is 0 Å². The Morgan fingerprint density at radius 3 is 2.54 bits per heavy atom. The van der Waals surface area contributed by atoms with Crippen LogP contribution in [0, 0.1) is 0 Å². The van der Waals surface area contributed by atoms with Gasteiger partial charge in [0, 0.05) is 5.69 Å². The second-order valence-electron chi connectivity index (χ2n) is 2.48. The van der Waals surface area contributed by atoms with Crippen LogP contribution in [-0.2, 0) is 4.74 Å². The molecule has 0 heterocycles. The van der Waals surface area contributed by atoms with Gasteiger partial charge in [-0.2, -0.15) is 0 Å². The largest absolute Gasteiger partial charge is 0.460 e. The first kappa shape index (κ1) is 9.54. The van der Waals surface area contributed by atoms with Crippen LogP contribution in [0.4, 0.5) is 5.69 Å². The molecule has 4 heteroatoms. The number of hydrogen-bond donors (Lipinski definition) is 2. The minimum absolute atomic E-state index is 0.0171. The van der Waals surface area contributed by atoms with Crippen molar-refractivity contribution in [3.63, 3.8) is 0 Å². The Balaban J connectivity index is 2.61. The van der Waals surface area contributed by atoms with E-state index in [1.54, 1.807) is 24.3 Å². The average Bonchev–Trinajstić information content (AvgIpc) is 2.15. The summed E-state index contributed by atoms with van der Waals surface area (Å²) < 4.78 is 4.69. The van der Waals surface area contributed by atoms with Crippen LogP contribution >= 0.6 is 0 Å². The molecule has 0 spiro atoms. The second kappa shape index (κ2) is 4.47. The van der Waals surface area contributed by atoms with E-state index in [1.807, 2.05) is 0 Å². The highest BCUT2D eigenvalue weighted by atomic mass is 16.5. The maximum Gasteiger partial charge on any atom is 0.338 e. The maximum atomic E-state index is 11.1. The maximum absolute atomic E-state index is 11.1. The van der Waals surface area contributed by atoms with Crippen LogP contribution < -0.4 is 5.73 Å². The van der Waals surface area contributed by atoms with Crippen LogP contribution in [0.1, 0.15) is 10.4 Å². The molecular weight excluding hydrogens is 170 g/mol. The molecule has 0 amide bonds. The highest BCUT2D eigenvalue weighted by Crippen LogP contribution is 2.06.